The number of hydrogen-bond acceptors (Lipinski definition) is 8. The van der Waals surface area contributed by atoms with Crippen LogP contribution < -0.4 is 5.73 Å². The zero-order valence-corrected chi connectivity index (χ0v) is 22.5. The molecule has 3 heterocycles. The van der Waals surface area contributed by atoms with E-state index in [-0.39, 0.29) is 24.0 Å². The number of thiocarbonyl (C=S) groups is 1. The minimum atomic E-state index is -0.471. The Bertz CT molecular complexity index is 891. The molecule has 190 valence electrons. The minimum absolute atomic E-state index is 0.146. The van der Waals surface area contributed by atoms with Crippen LogP contribution in [0, 0.1) is 5.92 Å². The van der Waals surface area contributed by atoms with Crippen LogP contribution in [0.4, 0.5) is 9.59 Å². The molecule has 2 aliphatic rings. The molecule has 2 fully saturated rings. The second kappa shape index (κ2) is 11.4. The van der Waals surface area contributed by atoms with Crippen molar-refractivity contribution in [1.29, 1.82) is 0 Å². The Morgan fingerprint density at radius 2 is 1.59 bits per heavy atom. The Balaban J connectivity index is 0.000000248. The third-order valence-electron chi connectivity index (χ3n) is 5.09. The van der Waals surface area contributed by atoms with E-state index in [1.165, 1.54) is 11.3 Å². The van der Waals surface area contributed by atoms with Crippen LogP contribution in [0.5, 0.6) is 0 Å². The van der Waals surface area contributed by atoms with Gasteiger partial charge >= 0.3 is 12.2 Å². The normalized spacial score (nSPS) is 20.4. The van der Waals surface area contributed by atoms with Crippen molar-refractivity contribution in [2.24, 2.45) is 11.7 Å². The van der Waals surface area contributed by atoms with Gasteiger partial charge in [0.1, 0.15) is 11.2 Å². The topological polar surface area (TPSA) is 115 Å². The molecule has 0 saturated carbocycles. The number of amides is 2. The van der Waals surface area contributed by atoms with Gasteiger partial charge in [-0.3, -0.25) is 4.79 Å². The van der Waals surface area contributed by atoms with Crippen LogP contribution in [0.3, 0.4) is 0 Å². The molecule has 11 heteroatoms. The fraction of sp³-hybridized carbons (Fsp3) is 0.696. The summed E-state index contributed by atoms with van der Waals surface area (Å²) in [5.41, 5.74) is 4.62. The van der Waals surface area contributed by atoms with Crippen molar-refractivity contribution in [1.82, 2.24) is 14.8 Å². The van der Waals surface area contributed by atoms with Crippen molar-refractivity contribution in [3.05, 3.63) is 16.1 Å². The quantitative estimate of drug-likeness (QED) is 0.473. The average Bonchev–Trinajstić information content (AvgIpc) is 3.45. The SMILES string of the molecule is CC(C)(C)OC(=O)N1CCC(C(N)=S)C1.CC(C)(C)OC(=O)N1CCC(c2ncc(C=O)s2)C1. The van der Waals surface area contributed by atoms with Crippen molar-refractivity contribution >= 4 is 47.0 Å². The zero-order chi connectivity index (χ0) is 25.7. The number of ether oxygens (including phenoxy) is 2. The molecule has 2 saturated heterocycles. The molecule has 1 aromatic heterocycles. The maximum atomic E-state index is 11.9. The first-order chi connectivity index (χ1) is 15.7. The van der Waals surface area contributed by atoms with Crippen molar-refractivity contribution in [3.8, 4) is 0 Å². The maximum absolute atomic E-state index is 11.9. The smallest absolute Gasteiger partial charge is 0.410 e. The van der Waals surface area contributed by atoms with Crippen molar-refractivity contribution in [2.45, 2.75) is 71.5 Å². The molecule has 2 atom stereocenters. The number of aromatic nitrogens is 1. The highest BCUT2D eigenvalue weighted by Gasteiger charge is 2.32. The van der Waals surface area contributed by atoms with Crippen molar-refractivity contribution in [2.75, 3.05) is 26.2 Å². The van der Waals surface area contributed by atoms with E-state index in [0.29, 0.717) is 36.0 Å². The number of hydrogen-bond donors (Lipinski definition) is 1. The zero-order valence-electron chi connectivity index (χ0n) is 20.8. The Morgan fingerprint density at radius 3 is 2.03 bits per heavy atom. The number of likely N-dealkylation sites (tertiary alicyclic amines) is 2. The van der Waals surface area contributed by atoms with E-state index in [1.807, 2.05) is 41.5 Å². The van der Waals surface area contributed by atoms with Crippen LogP contribution in [0.1, 0.15) is 75.0 Å². The summed E-state index contributed by atoms with van der Waals surface area (Å²) >= 11 is 6.30. The number of rotatable bonds is 3. The van der Waals surface area contributed by atoms with Crippen LogP contribution in [0.15, 0.2) is 6.20 Å². The molecule has 2 unspecified atom stereocenters. The molecule has 9 nitrogen and oxygen atoms in total. The highest BCUT2D eigenvalue weighted by Crippen LogP contribution is 2.30. The Morgan fingerprint density at radius 1 is 1.06 bits per heavy atom. The third kappa shape index (κ3) is 8.83. The predicted molar refractivity (Wildman–Crippen MR) is 135 cm³/mol. The second-order valence-electron chi connectivity index (χ2n) is 10.4. The van der Waals surface area contributed by atoms with E-state index >= 15 is 0 Å². The van der Waals surface area contributed by atoms with Gasteiger partial charge in [-0.05, 0) is 54.4 Å². The summed E-state index contributed by atoms with van der Waals surface area (Å²) in [5, 5.41) is 0.924. The lowest BCUT2D eigenvalue weighted by Gasteiger charge is -2.24. The molecule has 0 spiro atoms. The van der Waals surface area contributed by atoms with Gasteiger partial charge in [0.05, 0.1) is 14.9 Å². The van der Waals surface area contributed by atoms with Gasteiger partial charge in [0.2, 0.25) is 0 Å². The molecule has 0 bridgehead atoms. The maximum Gasteiger partial charge on any atom is 0.410 e. The fourth-order valence-corrected chi connectivity index (χ4v) is 4.53. The monoisotopic (exact) mass is 512 g/mol. The lowest BCUT2D eigenvalue weighted by molar-refractivity contribution is 0.0281. The van der Waals surface area contributed by atoms with Crippen molar-refractivity contribution in [3.63, 3.8) is 0 Å². The Kier molecular flexibility index (Phi) is 9.41. The molecule has 34 heavy (non-hydrogen) atoms. The van der Waals surface area contributed by atoms with E-state index in [0.717, 1.165) is 24.1 Å². The predicted octanol–water partition coefficient (Wildman–Crippen LogP) is 4.21. The molecule has 2 aliphatic heterocycles. The summed E-state index contributed by atoms with van der Waals surface area (Å²) in [6.07, 6.45) is 3.55. The van der Waals surface area contributed by atoms with Gasteiger partial charge in [0.15, 0.2) is 6.29 Å². The van der Waals surface area contributed by atoms with E-state index < -0.39 is 11.2 Å². The Hall–Kier alpha value is -2.27. The van der Waals surface area contributed by atoms with Crippen LogP contribution in [-0.4, -0.2) is 75.6 Å². The van der Waals surface area contributed by atoms with E-state index in [9.17, 15) is 14.4 Å². The lowest BCUT2D eigenvalue weighted by Crippen LogP contribution is -2.36. The van der Waals surface area contributed by atoms with Gasteiger partial charge in [0.25, 0.3) is 0 Å². The van der Waals surface area contributed by atoms with E-state index in [2.05, 4.69) is 4.98 Å². The van der Waals surface area contributed by atoms with Gasteiger partial charge in [-0.1, -0.05) is 12.2 Å². The highest BCUT2D eigenvalue weighted by atomic mass is 32.1. The lowest BCUT2D eigenvalue weighted by atomic mass is 10.1. The number of carbonyl (C=O) groups is 3. The number of nitrogens with zero attached hydrogens (tertiary/aromatic N) is 3. The summed E-state index contributed by atoms with van der Waals surface area (Å²) in [4.78, 5) is 43.0. The van der Waals surface area contributed by atoms with Gasteiger partial charge in [-0.25, -0.2) is 14.6 Å². The number of nitrogens with two attached hydrogens (primary N) is 1. The average molecular weight is 513 g/mol. The molecule has 0 aromatic carbocycles. The highest BCUT2D eigenvalue weighted by molar-refractivity contribution is 7.80. The standard InChI is InChI=1S/C13H18N2O3S.C10H18N2O2S/c1-13(2,3)18-12(17)15-5-4-9(7-15)11-14-6-10(8-16)19-11;1-10(2,3)14-9(13)12-5-4-7(6-12)8(11)15/h6,8-9H,4-5,7H2,1-3H3;7H,4-6H2,1-3H3,(H2,11,15). The number of thiazole rings is 1. The second-order valence-corrected chi connectivity index (χ2v) is 12.0. The van der Waals surface area contributed by atoms with Crippen LogP contribution >= 0.6 is 23.6 Å². The van der Waals surface area contributed by atoms with E-state index in [1.54, 1.807) is 16.0 Å². The Labute approximate surface area is 211 Å². The van der Waals surface area contributed by atoms with Crippen molar-refractivity contribution < 1.29 is 23.9 Å². The van der Waals surface area contributed by atoms with Gasteiger partial charge in [-0.15, -0.1) is 11.3 Å². The summed E-state index contributed by atoms with van der Waals surface area (Å²) in [6.45, 7) is 13.7. The molecule has 0 aliphatic carbocycles. The third-order valence-corrected chi connectivity index (χ3v) is 6.51. The molecule has 1 aromatic rings. The first-order valence-electron chi connectivity index (χ1n) is 11.3. The largest absolute Gasteiger partial charge is 0.444 e. The molecular formula is C23H36N4O5S2. The first-order valence-corrected chi connectivity index (χ1v) is 12.6. The summed E-state index contributed by atoms with van der Waals surface area (Å²) in [5.74, 6) is 0.360. The van der Waals surface area contributed by atoms with Gasteiger partial charge < -0.3 is 25.0 Å². The van der Waals surface area contributed by atoms with Crippen LogP contribution in [0.2, 0.25) is 0 Å². The summed E-state index contributed by atoms with van der Waals surface area (Å²) < 4.78 is 10.6. The molecule has 3 rings (SSSR count). The van der Waals surface area contributed by atoms with Crippen LogP contribution in [-0.2, 0) is 9.47 Å². The number of carbonyl (C=O) groups excluding carboxylic acids is 3. The fourth-order valence-electron chi connectivity index (χ4n) is 3.48. The molecular weight excluding hydrogens is 476 g/mol. The minimum Gasteiger partial charge on any atom is -0.444 e. The number of aldehydes is 1. The summed E-state index contributed by atoms with van der Waals surface area (Å²) in [6, 6.07) is 0. The van der Waals surface area contributed by atoms with Crippen LogP contribution in [0.25, 0.3) is 0 Å². The molecule has 2 amide bonds. The molecule has 0 radical (unpaired) electrons. The van der Waals surface area contributed by atoms with Gasteiger partial charge in [0, 0.05) is 44.2 Å². The molecule has 2 N–H and O–H groups in total. The summed E-state index contributed by atoms with van der Waals surface area (Å²) in [7, 11) is 0. The first kappa shape index (κ1) is 28.0. The van der Waals surface area contributed by atoms with Gasteiger partial charge in [-0.2, -0.15) is 0 Å². The van der Waals surface area contributed by atoms with E-state index in [4.69, 9.17) is 27.4 Å².